The SMILES string of the molecule is COc1ccc2c(c1)CC[C@@H]1[C@@H]2CC[C@@]2(C)[C@H]1C[C@H]1O[C@]12OC(C)=O. The average Bonchev–Trinajstić information content (AvgIpc) is 3.23. The number of benzene rings is 1. The first kappa shape index (κ1) is 15.7. The number of hydrogen-bond donors (Lipinski definition) is 0. The fourth-order valence-electron chi connectivity index (χ4n) is 6.41. The van der Waals surface area contributed by atoms with Gasteiger partial charge in [-0.2, -0.15) is 0 Å². The number of esters is 1. The minimum absolute atomic E-state index is 0.0333. The van der Waals surface area contributed by atoms with Gasteiger partial charge in [0.2, 0.25) is 5.79 Å². The molecule has 3 aliphatic carbocycles. The molecule has 0 bridgehead atoms. The van der Waals surface area contributed by atoms with Crippen molar-refractivity contribution in [3.63, 3.8) is 0 Å². The third kappa shape index (κ3) is 1.95. The van der Waals surface area contributed by atoms with Crippen LogP contribution in [-0.4, -0.2) is 25.0 Å². The van der Waals surface area contributed by atoms with E-state index in [9.17, 15) is 4.79 Å². The summed E-state index contributed by atoms with van der Waals surface area (Å²) in [5, 5.41) is 0. The molecule has 1 aliphatic heterocycles. The van der Waals surface area contributed by atoms with Crippen molar-refractivity contribution < 1.29 is 19.0 Å². The summed E-state index contributed by atoms with van der Waals surface area (Å²) < 4.78 is 17.1. The maximum Gasteiger partial charge on any atom is 0.305 e. The van der Waals surface area contributed by atoms with Crippen molar-refractivity contribution >= 4 is 5.97 Å². The highest BCUT2D eigenvalue weighted by molar-refractivity contribution is 5.67. The molecule has 4 heteroatoms. The highest BCUT2D eigenvalue weighted by atomic mass is 16.8. The van der Waals surface area contributed by atoms with Crippen LogP contribution in [0.1, 0.15) is 56.6 Å². The molecule has 2 saturated carbocycles. The van der Waals surface area contributed by atoms with Gasteiger partial charge in [0.1, 0.15) is 11.9 Å². The van der Waals surface area contributed by atoms with Crippen LogP contribution in [0.5, 0.6) is 5.75 Å². The summed E-state index contributed by atoms with van der Waals surface area (Å²) in [5.74, 6) is 1.99. The molecule has 0 aromatic heterocycles. The van der Waals surface area contributed by atoms with Crippen LogP contribution in [0.3, 0.4) is 0 Å². The summed E-state index contributed by atoms with van der Waals surface area (Å²) in [6.07, 6.45) is 5.70. The lowest BCUT2D eigenvalue weighted by Gasteiger charge is -2.51. The molecule has 0 spiro atoms. The van der Waals surface area contributed by atoms with E-state index in [0.29, 0.717) is 17.8 Å². The van der Waals surface area contributed by atoms with E-state index in [4.69, 9.17) is 14.2 Å². The quantitative estimate of drug-likeness (QED) is 0.605. The molecular weight excluding hydrogens is 316 g/mol. The molecule has 1 aromatic carbocycles. The van der Waals surface area contributed by atoms with E-state index in [-0.39, 0.29) is 17.5 Å². The first-order chi connectivity index (χ1) is 12.0. The molecular formula is C21H26O4. The minimum Gasteiger partial charge on any atom is -0.497 e. The van der Waals surface area contributed by atoms with Gasteiger partial charge in [-0.05, 0) is 73.1 Å². The van der Waals surface area contributed by atoms with Crippen molar-refractivity contribution in [1.82, 2.24) is 0 Å². The lowest BCUT2D eigenvalue weighted by molar-refractivity contribution is -0.185. The molecule has 25 heavy (non-hydrogen) atoms. The molecule has 3 fully saturated rings. The highest BCUT2D eigenvalue weighted by Crippen LogP contribution is 2.72. The largest absolute Gasteiger partial charge is 0.497 e. The number of aryl methyl sites for hydroxylation is 1. The molecule has 1 aromatic rings. The molecule has 0 N–H and O–H groups in total. The Morgan fingerprint density at radius 3 is 2.92 bits per heavy atom. The van der Waals surface area contributed by atoms with Gasteiger partial charge in [-0.3, -0.25) is 4.79 Å². The third-order valence-electron chi connectivity index (χ3n) is 7.57. The Labute approximate surface area is 148 Å². The summed E-state index contributed by atoms with van der Waals surface area (Å²) in [4.78, 5) is 11.6. The van der Waals surface area contributed by atoms with Gasteiger partial charge in [-0.15, -0.1) is 0 Å². The normalized spacial score (nSPS) is 43.3. The van der Waals surface area contributed by atoms with Crippen molar-refractivity contribution in [2.24, 2.45) is 17.3 Å². The van der Waals surface area contributed by atoms with E-state index in [1.54, 1.807) is 7.11 Å². The van der Waals surface area contributed by atoms with Crippen LogP contribution in [0.4, 0.5) is 0 Å². The highest BCUT2D eigenvalue weighted by Gasteiger charge is 2.79. The van der Waals surface area contributed by atoms with E-state index in [1.165, 1.54) is 24.5 Å². The van der Waals surface area contributed by atoms with E-state index in [1.807, 2.05) is 0 Å². The van der Waals surface area contributed by atoms with Crippen LogP contribution < -0.4 is 4.74 Å². The average molecular weight is 342 g/mol. The second-order valence-electron chi connectivity index (χ2n) is 8.54. The molecule has 4 aliphatic rings. The number of methoxy groups -OCH3 is 1. The minimum atomic E-state index is -0.630. The summed E-state index contributed by atoms with van der Waals surface area (Å²) in [5.41, 5.74) is 2.94. The molecule has 1 heterocycles. The Morgan fingerprint density at radius 2 is 2.16 bits per heavy atom. The Kier molecular flexibility index (Phi) is 3.14. The number of hydrogen-bond acceptors (Lipinski definition) is 4. The molecule has 4 nitrogen and oxygen atoms in total. The van der Waals surface area contributed by atoms with Gasteiger partial charge in [0.25, 0.3) is 0 Å². The van der Waals surface area contributed by atoms with E-state index in [0.717, 1.165) is 31.4 Å². The molecule has 6 atom stereocenters. The number of fused-ring (bicyclic) bond motifs is 7. The number of carbonyl (C=O) groups excluding carboxylic acids is 1. The van der Waals surface area contributed by atoms with Crippen molar-refractivity contribution in [3.05, 3.63) is 29.3 Å². The predicted octanol–water partition coefficient (Wildman–Crippen LogP) is 3.82. The van der Waals surface area contributed by atoms with Gasteiger partial charge >= 0.3 is 5.97 Å². The lowest BCUT2D eigenvalue weighted by atomic mass is 9.55. The molecule has 5 rings (SSSR count). The molecule has 0 unspecified atom stereocenters. The number of ether oxygens (including phenoxy) is 3. The van der Waals surface area contributed by atoms with Crippen LogP contribution in [0, 0.1) is 17.3 Å². The Bertz CT molecular complexity index is 743. The molecule has 0 radical (unpaired) electrons. The van der Waals surface area contributed by atoms with E-state index >= 15 is 0 Å². The van der Waals surface area contributed by atoms with E-state index < -0.39 is 5.79 Å². The standard InChI is InChI=1S/C21H26O4/c1-12(22)24-21-19(25-21)11-18-17-6-4-13-10-14(23-3)5-7-15(13)16(17)8-9-20(18,21)2/h5,7,10,16-19H,4,6,8-9,11H2,1-3H3/t16-,17-,18+,19-,20+,21-/m1/s1. The maximum atomic E-state index is 11.6. The number of rotatable bonds is 2. The number of epoxide rings is 1. The second-order valence-corrected chi connectivity index (χ2v) is 8.54. The van der Waals surface area contributed by atoms with Gasteiger partial charge < -0.3 is 14.2 Å². The summed E-state index contributed by atoms with van der Waals surface area (Å²) >= 11 is 0. The predicted molar refractivity (Wildman–Crippen MR) is 92.4 cm³/mol. The van der Waals surface area contributed by atoms with Crippen molar-refractivity contribution in [3.8, 4) is 5.75 Å². The summed E-state index contributed by atoms with van der Waals surface area (Å²) in [6.45, 7) is 3.80. The van der Waals surface area contributed by atoms with Gasteiger partial charge in [0.15, 0.2) is 0 Å². The van der Waals surface area contributed by atoms with Crippen LogP contribution >= 0.6 is 0 Å². The van der Waals surface area contributed by atoms with Crippen LogP contribution in [0.15, 0.2) is 18.2 Å². The zero-order valence-corrected chi connectivity index (χ0v) is 15.2. The molecule has 1 saturated heterocycles. The monoisotopic (exact) mass is 342 g/mol. The van der Waals surface area contributed by atoms with Gasteiger partial charge in [0, 0.05) is 12.3 Å². The second kappa shape index (κ2) is 5.00. The van der Waals surface area contributed by atoms with Crippen molar-refractivity contribution in [2.45, 2.75) is 63.8 Å². The van der Waals surface area contributed by atoms with Gasteiger partial charge in [-0.25, -0.2) is 0 Å². The van der Waals surface area contributed by atoms with Crippen LogP contribution in [-0.2, 0) is 20.7 Å². The van der Waals surface area contributed by atoms with Crippen LogP contribution in [0.2, 0.25) is 0 Å². The first-order valence-electron chi connectivity index (χ1n) is 9.53. The smallest absolute Gasteiger partial charge is 0.305 e. The Hall–Kier alpha value is -1.55. The topological polar surface area (TPSA) is 48.1 Å². The summed E-state index contributed by atoms with van der Waals surface area (Å²) in [6, 6.07) is 6.60. The molecule has 0 amide bonds. The summed E-state index contributed by atoms with van der Waals surface area (Å²) in [7, 11) is 1.73. The Balaban J connectivity index is 1.47. The number of carbonyl (C=O) groups is 1. The zero-order valence-electron chi connectivity index (χ0n) is 15.2. The maximum absolute atomic E-state index is 11.6. The van der Waals surface area contributed by atoms with Gasteiger partial charge in [-0.1, -0.05) is 13.0 Å². The van der Waals surface area contributed by atoms with Gasteiger partial charge in [0.05, 0.1) is 7.11 Å². The lowest BCUT2D eigenvalue weighted by Crippen LogP contribution is -2.48. The Morgan fingerprint density at radius 1 is 1.32 bits per heavy atom. The van der Waals surface area contributed by atoms with E-state index in [2.05, 4.69) is 25.1 Å². The van der Waals surface area contributed by atoms with Crippen molar-refractivity contribution in [2.75, 3.05) is 7.11 Å². The zero-order chi connectivity index (χ0) is 17.4. The fourth-order valence-corrected chi connectivity index (χ4v) is 6.41. The first-order valence-corrected chi connectivity index (χ1v) is 9.53. The fraction of sp³-hybridized carbons (Fsp3) is 0.667. The van der Waals surface area contributed by atoms with Crippen LogP contribution in [0.25, 0.3) is 0 Å². The molecule has 134 valence electrons. The third-order valence-corrected chi connectivity index (χ3v) is 7.57. The van der Waals surface area contributed by atoms with Crippen molar-refractivity contribution in [1.29, 1.82) is 0 Å².